The summed E-state index contributed by atoms with van der Waals surface area (Å²) in [6.45, 7) is 9.83. The lowest BCUT2D eigenvalue weighted by atomic mass is 10.1. The minimum atomic E-state index is -0.315. The fourth-order valence-electron chi connectivity index (χ4n) is 3.95. The van der Waals surface area contributed by atoms with Crippen molar-refractivity contribution in [2.45, 2.75) is 47.1 Å². The van der Waals surface area contributed by atoms with Crippen LogP contribution in [0.15, 0.2) is 42.5 Å². The molecule has 184 valence electrons. The van der Waals surface area contributed by atoms with Crippen molar-refractivity contribution in [3.05, 3.63) is 48.0 Å². The van der Waals surface area contributed by atoms with E-state index in [2.05, 4.69) is 12.2 Å². The molecule has 0 aliphatic heterocycles. The topological polar surface area (TPSA) is 87.5 Å². The minimum Gasteiger partial charge on any atom is -0.490 e. The number of ether oxygens (including phenoxy) is 3. The van der Waals surface area contributed by atoms with Gasteiger partial charge in [0.05, 0.1) is 30.7 Å². The highest BCUT2D eigenvalue weighted by Crippen LogP contribution is 2.39. The second kappa shape index (κ2) is 11.1. The highest BCUT2D eigenvalue weighted by Gasteiger charge is 2.21. The number of pyridine rings is 1. The second-order valence-corrected chi connectivity index (χ2v) is 8.03. The van der Waals surface area contributed by atoms with Crippen LogP contribution < -0.4 is 19.5 Å². The fourth-order valence-corrected chi connectivity index (χ4v) is 3.95. The maximum atomic E-state index is 13.4. The predicted molar refractivity (Wildman–Crippen MR) is 138 cm³/mol. The van der Waals surface area contributed by atoms with Crippen molar-refractivity contribution in [2.75, 3.05) is 25.1 Å². The first-order valence-corrected chi connectivity index (χ1v) is 12.2. The summed E-state index contributed by atoms with van der Waals surface area (Å²) in [6.07, 6.45) is 2.00. The number of carbonyl (C=O) groups excluding carboxylic acids is 1. The van der Waals surface area contributed by atoms with Crippen molar-refractivity contribution in [1.29, 1.82) is 0 Å². The first-order chi connectivity index (χ1) is 17.1. The van der Waals surface area contributed by atoms with Gasteiger partial charge in [0.2, 0.25) is 5.75 Å². The van der Waals surface area contributed by atoms with Crippen LogP contribution in [0.2, 0.25) is 0 Å². The quantitative estimate of drug-likeness (QED) is 0.293. The highest BCUT2D eigenvalue weighted by atomic mass is 16.5. The zero-order valence-corrected chi connectivity index (χ0v) is 20.8. The Balaban J connectivity index is 1.75. The smallest absolute Gasteiger partial charge is 0.257 e. The van der Waals surface area contributed by atoms with Crippen molar-refractivity contribution in [2.24, 2.45) is 0 Å². The Morgan fingerprint density at radius 1 is 0.943 bits per heavy atom. The summed E-state index contributed by atoms with van der Waals surface area (Å²) in [5.41, 5.74) is 2.04. The zero-order chi connectivity index (χ0) is 24.8. The molecule has 0 aliphatic carbocycles. The summed E-state index contributed by atoms with van der Waals surface area (Å²) < 4.78 is 19.2. The number of hydrogen-bond donors (Lipinski definition) is 1. The molecule has 8 heteroatoms. The van der Waals surface area contributed by atoms with Crippen LogP contribution in [-0.4, -0.2) is 40.5 Å². The van der Waals surface area contributed by atoms with Gasteiger partial charge in [-0.2, -0.15) is 5.10 Å². The van der Waals surface area contributed by atoms with Gasteiger partial charge < -0.3 is 19.5 Å². The van der Waals surface area contributed by atoms with E-state index in [-0.39, 0.29) is 5.91 Å². The van der Waals surface area contributed by atoms with Crippen molar-refractivity contribution in [3.63, 3.8) is 0 Å². The van der Waals surface area contributed by atoms with Crippen LogP contribution in [0, 0.1) is 0 Å². The van der Waals surface area contributed by atoms with Gasteiger partial charge in [0.1, 0.15) is 0 Å². The van der Waals surface area contributed by atoms with Crippen molar-refractivity contribution >= 4 is 33.7 Å². The number of aryl methyl sites for hydroxylation is 1. The van der Waals surface area contributed by atoms with Crippen molar-refractivity contribution in [1.82, 2.24) is 14.8 Å². The molecule has 0 atom stereocenters. The third-order valence-corrected chi connectivity index (χ3v) is 5.55. The standard InChI is InChI=1S/C27H32N4O4/c1-5-9-14-31-26-20(15-18-12-10-11-13-21(18)28-26)25(30-31)29-27(32)19-16-22(33-6-2)24(35-8-4)23(17-19)34-7-3/h10-13,15-17H,5-9,14H2,1-4H3,(H,29,30,32). The molecule has 4 aromatic rings. The number of nitrogens with one attached hydrogen (secondary N) is 1. The number of nitrogens with zero attached hydrogens (tertiary/aromatic N) is 3. The molecule has 0 radical (unpaired) electrons. The van der Waals surface area contributed by atoms with Crippen LogP contribution in [0.4, 0.5) is 5.82 Å². The van der Waals surface area contributed by atoms with E-state index in [9.17, 15) is 4.79 Å². The molecule has 8 nitrogen and oxygen atoms in total. The number of aromatic nitrogens is 3. The normalized spacial score (nSPS) is 11.1. The first-order valence-electron chi connectivity index (χ1n) is 12.2. The van der Waals surface area contributed by atoms with E-state index in [1.165, 1.54) is 0 Å². The van der Waals surface area contributed by atoms with Crippen LogP contribution in [-0.2, 0) is 6.54 Å². The van der Waals surface area contributed by atoms with Crippen LogP contribution in [0.3, 0.4) is 0 Å². The number of benzene rings is 2. The van der Waals surface area contributed by atoms with E-state index in [0.717, 1.165) is 41.3 Å². The van der Waals surface area contributed by atoms with Crippen LogP contribution in [0.5, 0.6) is 17.2 Å². The Morgan fingerprint density at radius 2 is 1.63 bits per heavy atom. The Labute approximate surface area is 205 Å². The van der Waals surface area contributed by atoms with Gasteiger partial charge in [-0.05, 0) is 51.5 Å². The van der Waals surface area contributed by atoms with E-state index < -0.39 is 0 Å². The predicted octanol–water partition coefficient (Wildman–Crippen LogP) is 5.83. The summed E-state index contributed by atoms with van der Waals surface area (Å²) in [5, 5.41) is 9.49. The molecule has 4 rings (SSSR count). The molecule has 2 heterocycles. The van der Waals surface area contributed by atoms with Crippen LogP contribution in [0.1, 0.15) is 50.9 Å². The number of para-hydroxylation sites is 1. The molecule has 1 N–H and O–H groups in total. The van der Waals surface area contributed by atoms with E-state index in [1.807, 2.05) is 55.8 Å². The number of fused-ring (bicyclic) bond motifs is 2. The maximum absolute atomic E-state index is 13.4. The van der Waals surface area contributed by atoms with Gasteiger partial charge in [-0.15, -0.1) is 0 Å². The SMILES string of the molecule is CCCCn1nc(NC(=O)c2cc(OCC)c(OCC)c(OCC)c2)c2cc3ccccc3nc21. The summed E-state index contributed by atoms with van der Waals surface area (Å²) >= 11 is 0. The molecule has 0 unspecified atom stereocenters. The lowest BCUT2D eigenvalue weighted by Crippen LogP contribution is -2.14. The van der Waals surface area contributed by atoms with Gasteiger partial charge in [0, 0.05) is 17.5 Å². The van der Waals surface area contributed by atoms with Gasteiger partial charge >= 0.3 is 0 Å². The van der Waals surface area contributed by atoms with Crippen LogP contribution in [0.25, 0.3) is 21.9 Å². The Hall–Kier alpha value is -3.81. The van der Waals surface area contributed by atoms with E-state index in [1.54, 1.807) is 12.1 Å². The largest absolute Gasteiger partial charge is 0.490 e. The van der Waals surface area contributed by atoms with Gasteiger partial charge in [0.25, 0.3) is 5.91 Å². The Bertz CT molecular complexity index is 1300. The van der Waals surface area contributed by atoms with Gasteiger partial charge in [-0.25, -0.2) is 9.67 Å². The molecule has 2 aromatic heterocycles. The third kappa shape index (κ3) is 5.16. The summed E-state index contributed by atoms with van der Waals surface area (Å²) in [4.78, 5) is 18.2. The van der Waals surface area contributed by atoms with Crippen molar-refractivity contribution in [3.8, 4) is 17.2 Å². The number of hydrogen-bond acceptors (Lipinski definition) is 6. The maximum Gasteiger partial charge on any atom is 0.257 e. The lowest BCUT2D eigenvalue weighted by molar-refractivity contribution is 0.102. The fraction of sp³-hybridized carbons (Fsp3) is 0.370. The van der Waals surface area contributed by atoms with Crippen LogP contribution >= 0.6 is 0 Å². The molecular formula is C27H32N4O4. The van der Waals surface area contributed by atoms with E-state index >= 15 is 0 Å². The monoisotopic (exact) mass is 476 g/mol. The van der Waals surface area contributed by atoms with E-state index in [4.69, 9.17) is 24.3 Å². The number of carbonyl (C=O) groups is 1. The molecule has 2 aromatic carbocycles. The Morgan fingerprint density at radius 3 is 2.29 bits per heavy atom. The second-order valence-electron chi connectivity index (χ2n) is 8.03. The third-order valence-electron chi connectivity index (χ3n) is 5.55. The number of anilines is 1. The molecule has 0 saturated carbocycles. The average Bonchev–Trinajstić information content (AvgIpc) is 3.19. The first kappa shape index (κ1) is 24.3. The number of amides is 1. The number of unbranched alkanes of at least 4 members (excludes halogenated alkanes) is 1. The summed E-state index contributed by atoms with van der Waals surface area (Å²) in [6, 6.07) is 13.3. The van der Waals surface area contributed by atoms with E-state index in [0.29, 0.717) is 48.5 Å². The summed E-state index contributed by atoms with van der Waals surface area (Å²) in [5.74, 6) is 1.60. The van der Waals surface area contributed by atoms with Crippen molar-refractivity contribution < 1.29 is 19.0 Å². The average molecular weight is 477 g/mol. The highest BCUT2D eigenvalue weighted by molar-refractivity contribution is 6.09. The lowest BCUT2D eigenvalue weighted by Gasteiger charge is -2.17. The molecule has 0 fully saturated rings. The molecule has 0 aliphatic rings. The van der Waals surface area contributed by atoms with Gasteiger partial charge in [-0.3, -0.25) is 4.79 Å². The molecule has 35 heavy (non-hydrogen) atoms. The molecule has 1 amide bonds. The molecule has 0 bridgehead atoms. The Kier molecular flexibility index (Phi) is 7.70. The number of rotatable bonds is 11. The summed E-state index contributed by atoms with van der Waals surface area (Å²) in [7, 11) is 0. The zero-order valence-electron chi connectivity index (χ0n) is 20.8. The molecule has 0 saturated heterocycles. The molecular weight excluding hydrogens is 444 g/mol. The molecule has 0 spiro atoms. The van der Waals surface area contributed by atoms with Gasteiger partial charge in [-0.1, -0.05) is 31.5 Å². The minimum absolute atomic E-state index is 0.315. The van der Waals surface area contributed by atoms with Gasteiger partial charge in [0.15, 0.2) is 23.0 Å².